The molecular formula is C17H26N2O. The minimum absolute atomic E-state index is 0.106. The van der Waals surface area contributed by atoms with Gasteiger partial charge in [-0.3, -0.25) is 4.79 Å². The second kappa shape index (κ2) is 6.89. The van der Waals surface area contributed by atoms with Crippen molar-refractivity contribution in [3.8, 4) is 0 Å². The summed E-state index contributed by atoms with van der Waals surface area (Å²) < 4.78 is 0. The predicted molar refractivity (Wildman–Crippen MR) is 82.4 cm³/mol. The Morgan fingerprint density at radius 3 is 2.60 bits per heavy atom. The monoisotopic (exact) mass is 274 g/mol. The van der Waals surface area contributed by atoms with Crippen molar-refractivity contribution in [3.63, 3.8) is 0 Å². The molecule has 1 amide bonds. The Bertz CT molecular complexity index is 424. The molecule has 2 rings (SSSR count). The molecule has 1 saturated carbocycles. The van der Waals surface area contributed by atoms with Gasteiger partial charge in [0, 0.05) is 18.0 Å². The van der Waals surface area contributed by atoms with Crippen LogP contribution in [0.2, 0.25) is 0 Å². The molecule has 0 saturated heterocycles. The first kappa shape index (κ1) is 15.0. The van der Waals surface area contributed by atoms with Crippen LogP contribution in [0.5, 0.6) is 0 Å². The SMILES string of the molecule is CC(CCc1ccccc1)NC(=O)CC1(N)CCCC1. The zero-order valence-electron chi connectivity index (χ0n) is 12.4. The molecule has 0 bridgehead atoms. The molecule has 0 spiro atoms. The maximum absolute atomic E-state index is 12.0. The lowest BCUT2D eigenvalue weighted by Gasteiger charge is -2.24. The Balaban J connectivity index is 1.71. The first-order chi connectivity index (χ1) is 9.57. The van der Waals surface area contributed by atoms with Crippen molar-refractivity contribution in [3.05, 3.63) is 35.9 Å². The van der Waals surface area contributed by atoms with Crippen molar-refractivity contribution in [1.29, 1.82) is 0 Å². The maximum Gasteiger partial charge on any atom is 0.222 e. The Kier molecular flexibility index (Phi) is 5.18. The van der Waals surface area contributed by atoms with Gasteiger partial charge in [-0.25, -0.2) is 0 Å². The number of hydrogen-bond donors (Lipinski definition) is 2. The van der Waals surface area contributed by atoms with Crippen LogP contribution in [0.4, 0.5) is 0 Å². The first-order valence-electron chi connectivity index (χ1n) is 7.70. The van der Waals surface area contributed by atoms with E-state index >= 15 is 0 Å². The van der Waals surface area contributed by atoms with Gasteiger partial charge in [-0.1, -0.05) is 43.2 Å². The Morgan fingerprint density at radius 1 is 1.30 bits per heavy atom. The normalized spacial score (nSPS) is 18.7. The fourth-order valence-corrected chi connectivity index (χ4v) is 3.00. The van der Waals surface area contributed by atoms with Crippen molar-refractivity contribution in [2.24, 2.45) is 5.73 Å². The number of carbonyl (C=O) groups is 1. The van der Waals surface area contributed by atoms with Crippen molar-refractivity contribution < 1.29 is 4.79 Å². The Labute approximate surface area is 121 Å². The predicted octanol–water partition coefficient (Wildman–Crippen LogP) is 2.79. The lowest BCUT2D eigenvalue weighted by Crippen LogP contribution is -2.44. The van der Waals surface area contributed by atoms with Gasteiger partial charge >= 0.3 is 0 Å². The van der Waals surface area contributed by atoms with E-state index in [4.69, 9.17) is 5.73 Å². The van der Waals surface area contributed by atoms with E-state index in [0.717, 1.165) is 38.5 Å². The Hall–Kier alpha value is -1.35. The molecule has 1 aliphatic carbocycles. The molecule has 1 fully saturated rings. The van der Waals surface area contributed by atoms with Gasteiger partial charge < -0.3 is 11.1 Å². The topological polar surface area (TPSA) is 55.1 Å². The van der Waals surface area contributed by atoms with Crippen LogP contribution < -0.4 is 11.1 Å². The smallest absolute Gasteiger partial charge is 0.222 e. The zero-order valence-corrected chi connectivity index (χ0v) is 12.4. The number of aryl methyl sites for hydroxylation is 1. The zero-order chi connectivity index (χ0) is 14.4. The maximum atomic E-state index is 12.0. The molecule has 1 aliphatic rings. The minimum Gasteiger partial charge on any atom is -0.354 e. The van der Waals surface area contributed by atoms with Crippen molar-refractivity contribution in [2.75, 3.05) is 0 Å². The first-order valence-corrected chi connectivity index (χ1v) is 7.70. The molecule has 1 aromatic carbocycles. The largest absolute Gasteiger partial charge is 0.354 e. The van der Waals surface area contributed by atoms with Gasteiger partial charge in [0.15, 0.2) is 0 Å². The second-order valence-electron chi connectivity index (χ2n) is 6.24. The van der Waals surface area contributed by atoms with Gasteiger partial charge in [0.1, 0.15) is 0 Å². The molecule has 0 aromatic heterocycles. The van der Waals surface area contributed by atoms with E-state index in [2.05, 4.69) is 36.5 Å². The summed E-state index contributed by atoms with van der Waals surface area (Å²) in [6.07, 6.45) is 6.73. The number of amides is 1. The van der Waals surface area contributed by atoms with E-state index in [1.54, 1.807) is 0 Å². The lowest BCUT2D eigenvalue weighted by molar-refractivity contribution is -0.122. The van der Waals surface area contributed by atoms with E-state index in [0.29, 0.717) is 6.42 Å². The van der Waals surface area contributed by atoms with Crippen LogP contribution in [-0.2, 0) is 11.2 Å². The molecule has 1 aromatic rings. The number of hydrogen-bond acceptors (Lipinski definition) is 2. The quantitative estimate of drug-likeness (QED) is 0.838. The summed E-state index contributed by atoms with van der Waals surface area (Å²) in [5.74, 6) is 0.106. The van der Waals surface area contributed by atoms with E-state index in [1.165, 1.54) is 5.56 Å². The summed E-state index contributed by atoms with van der Waals surface area (Å²) in [7, 11) is 0. The van der Waals surface area contributed by atoms with Crippen molar-refractivity contribution in [1.82, 2.24) is 5.32 Å². The van der Waals surface area contributed by atoms with E-state index < -0.39 is 0 Å². The van der Waals surface area contributed by atoms with E-state index in [9.17, 15) is 4.79 Å². The highest BCUT2D eigenvalue weighted by Gasteiger charge is 2.31. The molecule has 0 radical (unpaired) electrons. The van der Waals surface area contributed by atoms with Gasteiger partial charge in [-0.15, -0.1) is 0 Å². The molecule has 3 nitrogen and oxygen atoms in total. The van der Waals surface area contributed by atoms with Crippen molar-refractivity contribution in [2.45, 2.75) is 63.5 Å². The fraction of sp³-hybridized carbons (Fsp3) is 0.588. The third-order valence-electron chi connectivity index (χ3n) is 4.23. The van der Waals surface area contributed by atoms with Crippen LogP contribution in [0.15, 0.2) is 30.3 Å². The molecule has 1 unspecified atom stereocenters. The average molecular weight is 274 g/mol. The van der Waals surface area contributed by atoms with E-state index in [-0.39, 0.29) is 17.5 Å². The number of nitrogens with one attached hydrogen (secondary N) is 1. The summed E-state index contributed by atoms with van der Waals surface area (Å²) in [6.45, 7) is 2.07. The van der Waals surface area contributed by atoms with Gasteiger partial charge in [0.05, 0.1) is 0 Å². The highest BCUT2D eigenvalue weighted by Crippen LogP contribution is 2.29. The number of benzene rings is 1. The molecular weight excluding hydrogens is 248 g/mol. The van der Waals surface area contributed by atoms with E-state index in [1.807, 2.05) is 6.07 Å². The van der Waals surface area contributed by atoms with Crippen molar-refractivity contribution >= 4 is 5.91 Å². The molecule has 1 atom stereocenters. The number of carbonyl (C=O) groups excluding carboxylic acids is 1. The van der Waals surface area contributed by atoms with Gasteiger partial charge in [-0.2, -0.15) is 0 Å². The highest BCUT2D eigenvalue weighted by atomic mass is 16.1. The highest BCUT2D eigenvalue weighted by molar-refractivity contribution is 5.77. The lowest BCUT2D eigenvalue weighted by atomic mass is 9.94. The van der Waals surface area contributed by atoms with Crippen LogP contribution in [0.1, 0.15) is 51.0 Å². The molecule has 0 heterocycles. The van der Waals surface area contributed by atoms with Gasteiger partial charge in [0.25, 0.3) is 0 Å². The number of rotatable bonds is 6. The molecule has 0 aliphatic heterocycles. The summed E-state index contributed by atoms with van der Waals surface area (Å²) in [5, 5.41) is 3.08. The third-order valence-corrected chi connectivity index (χ3v) is 4.23. The summed E-state index contributed by atoms with van der Waals surface area (Å²) in [5.41, 5.74) is 7.31. The minimum atomic E-state index is -0.247. The average Bonchev–Trinajstić information content (AvgIpc) is 2.83. The summed E-state index contributed by atoms with van der Waals surface area (Å²) >= 11 is 0. The summed E-state index contributed by atoms with van der Waals surface area (Å²) in [6, 6.07) is 10.6. The molecule has 3 heteroatoms. The molecule has 20 heavy (non-hydrogen) atoms. The Morgan fingerprint density at radius 2 is 1.95 bits per heavy atom. The van der Waals surface area contributed by atoms with Crippen LogP contribution in [-0.4, -0.2) is 17.5 Å². The second-order valence-corrected chi connectivity index (χ2v) is 6.24. The fourth-order valence-electron chi connectivity index (χ4n) is 3.00. The van der Waals surface area contributed by atoms with Crippen LogP contribution in [0, 0.1) is 0 Å². The summed E-state index contributed by atoms with van der Waals surface area (Å²) in [4.78, 5) is 12.0. The van der Waals surface area contributed by atoms with Gasteiger partial charge in [-0.05, 0) is 38.2 Å². The standard InChI is InChI=1S/C17H26N2O/c1-14(9-10-15-7-3-2-4-8-15)19-16(20)13-17(18)11-5-6-12-17/h2-4,7-8,14H,5-6,9-13,18H2,1H3,(H,19,20). The third kappa shape index (κ3) is 4.64. The number of nitrogens with two attached hydrogens (primary N) is 1. The molecule has 3 N–H and O–H groups in total. The van der Waals surface area contributed by atoms with Crippen LogP contribution in [0.25, 0.3) is 0 Å². The van der Waals surface area contributed by atoms with Gasteiger partial charge in [0.2, 0.25) is 5.91 Å². The van der Waals surface area contributed by atoms with Crippen LogP contribution >= 0.6 is 0 Å². The van der Waals surface area contributed by atoms with Crippen LogP contribution in [0.3, 0.4) is 0 Å². The molecule has 110 valence electrons.